The van der Waals surface area contributed by atoms with E-state index in [-0.39, 0.29) is 11.4 Å². The second-order valence-corrected chi connectivity index (χ2v) is 11.0. The van der Waals surface area contributed by atoms with Crippen LogP contribution in [0, 0.1) is 17.3 Å². The van der Waals surface area contributed by atoms with Gasteiger partial charge in [0.2, 0.25) is 0 Å². The van der Waals surface area contributed by atoms with Gasteiger partial charge < -0.3 is 4.74 Å². The summed E-state index contributed by atoms with van der Waals surface area (Å²) < 4.78 is 5.31. The molecule has 0 aromatic rings. The fourth-order valence-corrected chi connectivity index (χ4v) is 5.36. The number of unbranched alkanes of at least 4 members (excludes halogenated alkanes) is 3. The molecule has 0 saturated carbocycles. The zero-order valence-electron chi connectivity index (χ0n) is 17.6. The normalized spacial score (nSPS) is 14.3. The quantitative estimate of drug-likeness (QED) is 0.166. The number of hydrogen-bond donors (Lipinski definition) is 0. The zero-order valence-corrected chi connectivity index (χ0v) is 19.2. The smallest absolute Gasteiger partial charge is 0.305 e. The molecule has 2 unspecified atom stereocenters. The molecule has 0 amide bonds. The van der Waals surface area contributed by atoms with E-state index in [9.17, 15) is 4.79 Å². The second kappa shape index (κ2) is 15.2. The predicted molar refractivity (Wildman–Crippen MR) is 116 cm³/mol. The minimum atomic E-state index is -0.0336. The van der Waals surface area contributed by atoms with Crippen molar-refractivity contribution in [1.82, 2.24) is 0 Å². The highest BCUT2D eigenvalue weighted by atomic mass is 33.1. The molecule has 0 radical (unpaired) electrons. The third-order valence-corrected chi connectivity index (χ3v) is 7.40. The van der Waals surface area contributed by atoms with E-state index < -0.39 is 0 Å². The van der Waals surface area contributed by atoms with Gasteiger partial charge in [0.15, 0.2) is 0 Å². The largest absolute Gasteiger partial charge is 0.466 e. The molecule has 0 saturated heterocycles. The molecule has 0 N–H and O–H groups in total. The Morgan fingerprint density at radius 1 is 1.00 bits per heavy atom. The van der Waals surface area contributed by atoms with Gasteiger partial charge in [0.05, 0.1) is 6.61 Å². The minimum Gasteiger partial charge on any atom is -0.466 e. The molecule has 0 fully saturated rings. The molecule has 25 heavy (non-hydrogen) atoms. The van der Waals surface area contributed by atoms with E-state index in [0.29, 0.717) is 13.0 Å². The van der Waals surface area contributed by atoms with Gasteiger partial charge >= 0.3 is 5.97 Å². The van der Waals surface area contributed by atoms with Gasteiger partial charge in [0, 0.05) is 17.9 Å². The van der Waals surface area contributed by atoms with Crippen LogP contribution < -0.4 is 0 Å². The van der Waals surface area contributed by atoms with Crippen LogP contribution in [0.25, 0.3) is 0 Å². The first-order chi connectivity index (χ1) is 11.8. The van der Waals surface area contributed by atoms with Crippen molar-refractivity contribution in [3.63, 3.8) is 0 Å². The predicted octanol–water partition coefficient (Wildman–Crippen LogP) is 7.37. The van der Waals surface area contributed by atoms with Crippen LogP contribution in [0.4, 0.5) is 0 Å². The van der Waals surface area contributed by atoms with E-state index in [1.807, 2.05) is 10.8 Å². The molecule has 2 nitrogen and oxygen atoms in total. The van der Waals surface area contributed by atoms with Gasteiger partial charge in [-0.05, 0) is 36.5 Å². The molecule has 0 aromatic heterocycles. The lowest BCUT2D eigenvalue weighted by atomic mass is 9.91. The lowest BCUT2D eigenvalue weighted by Gasteiger charge is -2.20. The van der Waals surface area contributed by atoms with Gasteiger partial charge in [-0.15, -0.1) is 0 Å². The van der Waals surface area contributed by atoms with Crippen molar-refractivity contribution in [3.8, 4) is 0 Å². The maximum atomic E-state index is 11.6. The van der Waals surface area contributed by atoms with Crippen LogP contribution in [0.15, 0.2) is 0 Å². The molecular weight excluding hydrogens is 348 g/mol. The number of esters is 1. The van der Waals surface area contributed by atoms with Crippen molar-refractivity contribution in [2.45, 2.75) is 92.9 Å². The van der Waals surface area contributed by atoms with Crippen LogP contribution in [0.5, 0.6) is 0 Å². The molecule has 4 heteroatoms. The molecule has 0 aromatic carbocycles. The van der Waals surface area contributed by atoms with Crippen molar-refractivity contribution < 1.29 is 9.53 Å². The minimum absolute atomic E-state index is 0.0336. The lowest BCUT2D eigenvalue weighted by Crippen LogP contribution is -2.12. The molecule has 0 aliphatic carbocycles. The lowest BCUT2D eigenvalue weighted by molar-refractivity contribution is -0.144. The van der Waals surface area contributed by atoms with E-state index in [1.165, 1.54) is 43.6 Å². The summed E-state index contributed by atoms with van der Waals surface area (Å²) in [5.74, 6) is 4.22. The van der Waals surface area contributed by atoms with E-state index in [0.717, 1.165) is 24.7 Å². The Morgan fingerprint density at radius 2 is 1.68 bits per heavy atom. The average molecular weight is 391 g/mol. The van der Waals surface area contributed by atoms with Crippen molar-refractivity contribution in [3.05, 3.63) is 0 Å². The van der Waals surface area contributed by atoms with Crippen LogP contribution in [-0.4, -0.2) is 24.1 Å². The Morgan fingerprint density at radius 3 is 2.28 bits per heavy atom. The maximum Gasteiger partial charge on any atom is 0.305 e. The fourth-order valence-electron chi connectivity index (χ4n) is 2.56. The van der Waals surface area contributed by atoms with E-state index >= 15 is 0 Å². The van der Waals surface area contributed by atoms with Gasteiger partial charge in [-0.1, -0.05) is 88.8 Å². The topological polar surface area (TPSA) is 26.3 Å². The molecule has 0 bridgehead atoms. The highest BCUT2D eigenvalue weighted by Crippen LogP contribution is 2.30. The molecular formula is C21H42O2S2. The Kier molecular flexibility index (Phi) is 15.4. The van der Waals surface area contributed by atoms with Gasteiger partial charge in [-0.3, -0.25) is 4.79 Å². The molecule has 0 aliphatic rings. The number of carbonyl (C=O) groups excluding carboxylic acids is 1. The summed E-state index contributed by atoms with van der Waals surface area (Å²) in [6.45, 7) is 14.1. The molecule has 150 valence electrons. The number of rotatable bonds is 15. The average Bonchev–Trinajstić information content (AvgIpc) is 2.56. The van der Waals surface area contributed by atoms with E-state index in [2.05, 4.69) is 52.3 Å². The first-order valence-electron chi connectivity index (χ1n) is 10.2. The molecule has 0 spiro atoms. The Balaban J connectivity index is 3.40. The highest BCUT2D eigenvalue weighted by Gasteiger charge is 2.14. The summed E-state index contributed by atoms with van der Waals surface area (Å²) in [7, 11) is 4.09. The third kappa shape index (κ3) is 16.1. The summed E-state index contributed by atoms with van der Waals surface area (Å²) in [6.07, 6.45) is 8.74. The van der Waals surface area contributed by atoms with E-state index in [4.69, 9.17) is 4.74 Å². The summed E-state index contributed by atoms with van der Waals surface area (Å²) >= 11 is 0. The molecule has 0 rings (SSSR count). The maximum absolute atomic E-state index is 11.6. The summed E-state index contributed by atoms with van der Waals surface area (Å²) in [4.78, 5) is 11.6. The van der Waals surface area contributed by atoms with E-state index in [1.54, 1.807) is 0 Å². The van der Waals surface area contributed by atoms with Gasteiger partial charge in [-0.2, -0.15) is 0 Å². The fraction of sp³-hybridized carbons (Fsp3) is 0.952. The first kappa shape index (κ1) is 25.2. The Bertz CT molecular complexity index is 326. The first-order valence-corrected chi connectivity index (χ1v) is 12.7. The van der Waals surface area contributed by atoms with Crippen molar-refractivity contribution in [2.75, 3.05) is 18.1 Å². The van der Waals surface area contributed by atoms with Crippen LogP contribution in [0.3, 0.4) is 0 Å². The molecule has 0 aliphatic heterocycles. The van der Waals surface area contributed by atoms with Crippen molar-refractivity contribution >= 4 is 27.6 Å². The zero-order chi connectivity index (χ0) is 19.1. The van der Waals surface area contributed by atoms with Gasteiger partial charge in [-0.25, -0.2) is 0 Å². The molecule has 0 heterocycles. The Labute approximate surface area is 165 Å². The Hall–Kier alpha value is 0.170. The van der Waals surface area contributed by atoms with Crippen LogP contribution in [0.1, 0.15) is 92.9 Å². The highest BCUT2D eigenvalue weighted by molar-refractivity contribution is 8.76. The van der Waals surface area contributed by atoms with Gasteiger partial charge in [0.25, 0.3) is 0 Å². The second-order valence-electron chi connectivity index (χ2n) is 8.36. The standard InChI is InChI=1S/C21H42O2S2/c1-7-18(3)19(8-2)17-25-24-16-12-10-9-11-15-23-20(22)13-14-21(4,5)6/h18-19H,7-17H2,1-6H3. The monoisotopic (exact) mass is 390 g/mol. The van der Waals surface area contributed by atoms with Gasteiger partial charge in [0.1, 0.15) is 0 Å². The number of hydrogen-bond acceptors (Lipinski definition) is 4. The third-order valence-electron chi connectivity index (χ3n) is 4.80. The van der Waals surface area contributed by atoms with Crippen molar-refractivity contribution in [1.29, 1.82) is 0 Å². The SMILES string of the molecule is CCC(C)C(CC)CSSCCCCCCOC(=O)CCC(C)(C)C. The summed E-state index contributed by atoms with van der Waals surface area (Å²) in [6, 6.07) is 0. The molecule has 2 atom stereocenters. The summed E-state index contributed by atoms with van der Waals surface area (Å²) in [5, 5.41) is 0. The van der Waals surface area contributed by atoms with Crippen LogP contribution >= 0.6 is 21.6 Å². The summed E-state index contributed by atoms with van der Waals surface area (Å²) in [5.41, 5.74) is 0.209. The van der Waals surface area contributed by atoms with Crippen molar-refractivity contribution in [2.24, 2.45) is 17.3 Å². The van der Waals surface area contributed by atoms with Crippen LogP contribution in [-0.2, 0) is 9.53 Å². The number of carbonyl (C=O) groups is 1. The number of ether oxygens (including phenoxy) is 1. The van der Waals surface area contributed by atoms with Crippen LogP contribution in [0.2, 0.25) is 0 Å².